The Bertz CT molecular complexity index is 1220. The average Bonchev–Trinajstić information content (AvgIpc) is 2.66. The van der Waals surface area contributed by atoms with Crippen molar-refractivity contribution in [2.24, 2.45) is 4.99 Å². The lowest BCUT2D eigenvalue weighted by Crippen LogP contribution is -2.32. The van der Waals surface area contributed by atoms with Gasteiger partial charge >= 0.3 is 11.9 Å². The number of halogens is 3. The van der Waals surface area contributed by atoms with Crippen molar-refractivity contribution < 1.29 is 18.3 Å². The first-order chi connectivity index (χ1) is 14.1. The number of hydrogen-bond donors (Lipinski definition) is 2. The molecule has 9 heteroatoms. The summed E-state index contributed by atoms with van der Waals surface area (Å²) in [6.45, 7) is 3.67. The van der Waals surface area contributed by atoms with E-state index in [1.54, 1.807) is 0 Å². The normalized spacial score (nSPS) is 12.2. The summed E-state index contributed by atoms with van der Waals surface area (Å²) in [5.74, 6) is -0.700. The second kappa shape index (κ2) is 8.02. The Kier molecular flexibility index (Phi) is 5.64. The molecule has 0 spiro atoms. The monoisotopic (exact) mass is 417 g/mol. The van der Waals surface area contributed by atoms with Crippen molar-refractivity contribution in [2.75, 3.05) is 0 Å². The van der Waals surface area contributed by atoms with Gasteiger partial charge in [-0.2, -0.15) is 13.2 Å². The van der Waals surface area contributed by atoms with Crippen molar-refractivity contribution in [1.29, 1.82) is 0 Å². The maximum absolute atomic E-state index is 12.8. The van der Waals surface area contributed by atoms with Crippen molar-refractivity contribution in [3.63, 3.8) is 0 Å². The summed E-state index contributed by atoms with van der Waals surface area (Å²) in [6.07, 6.45) is -4.54. The number of H-pyrrole nitrogens is 1. The highest BCUT2D eigenvalue weighted by Crippen LogP contribution is 2.30. The number of rotatable bonds is 4. The van der Waals surface area contributed by atoms with Gasteiger partial charge in [-0.25, -0.2) is 9.36 Å². The van der Waals surface area contributed by atoms with Gasteiger partial charge in [0.2, 0.25) is 5.88 Å². The molecule has 156 valence electrons. The Hall–Kier alpha value is -3.62. The van der Waals surface area contributed by atoms with Crippen LogP contribution >= 0.6 is 0 Å². The topological polar surface area (TPSA) is 87.4 Å². The van der Waals surface area contributed by atoms with Crippen LogP contribution in [0.1, 0.15) is 29.2 Å². The van der Waals surface area contributed by atoms with E-state index >= 15 is 0 Å². The first kappa shape index (κ1) is 21.1. The highest BCUT2D eigenvalue weighted by Gasteiger charge is 2.30. The van der Waals surface area contributed by atoms with Crippen molar-refractivity contribution >= 4 is 5.71 Å². The van der Waals surface area contributed by atoms with Crippen LogP contribution in [0.15, 0.2) is 63.1 Å². The molecule has 1 aromatic heterocycles. The molecule has 0 bridgehead atoms. The Morgan fingerprint density at radius 2 is 1.80 bits per heavy atom. The molecule has 0 aliphatic rings. The molecule has 0 radical (unpaired) electrons. The van der Waals surface area contributed by atoms with Gasteiger partial charge in [0, 0.05) is 0 Å². The van der Waals surface area contributed by atoms with Gasteiger partial charge in [-0.1, -0.05) is 29.8 Å². The molecule has 6 nitrogen and oxygen atoms in total. The molecule has 30 heavy (non-hydrogen) atoms. The van der Waals surface area contributed by atoms with E-state index < -0.39 is 28.9 Å². The van der Waals surface area contributed by atoms with Crippen molar-refractivity contribution in [3.8, 4) is 11.6 Å². The van der Waals surface area contributed by atoms with Crippen LogP contribution in [0, 0.1) is 6.92 Å². The zero-order valence-corrected chi connectivity index (χ0v) is 16.1. The lowest BCUT2D eigenvalue weighted by atomic mass is 10.1. The Labute approximate surface area is 169 Å². The van der Waals surface area contributed by atoms with Crippen molar-refractivity contribution in [1.82, 2.24) is 9.55 Å². The van der Waals surface area contributed by atoms with Crippen molar-refractivity contribution in [2.45, 2.75) is 26.6 Å². The minimum absolute atomic E-state index is 0.0329. The summed E-state index contributed by atoms with van der Waals surface area (Å²) in [5.41, 5.74) is -0.885. The maximum atomic E-state index is 12.8. The fourth-order valence-electron chi connectivity index (χ4n) is 2.99. The molecule has 0 aliphatic carbocycles. The quantitative estimate of drug-likeness (QED) is 0.637. The van der Waals surface area contributed by atoms with Gasteiger partial charge in [0.25, 0.3) is 5.56 Å². The van der Waals surface area contributed by atoms with E-state index in [-0.39, 0.29) is 23.5 Å². The molecule has 0 fully saturated rings. The van der Waals surface area contributed by atoms with Crippen LogP contribution < -0.4 is 11.2 Å². The number of aromatic amines is 1. The largest absolute Gasteiger partial charge is 0.493 e. The molecule has 0 saturated carbocycles. The average molecular weight is 417 g/mol. The van der Waals surface area contributed by atoms with Crippen LogP contribution in [0.2, 0.25) is 0 Å². The highest BCUT2D eigenvalue weighted by atomic mass is 19.4. The van der Waals surface area contributed by atoms with E-state index in [0.717, 1.165) is 40.0 Å². The summed E-state index contributed by atoms with van der Waals surface area (Å²) < 4.78 is 39.0. The van der Waals surface area contributed by atoms with E-state index in [0.29, 0.717) is 0 Å². The molecule has 0 amide bonds. The number of aliphatic imine (C=N–C) groups is 1. The first-order valence-corrected chi connectivity index (χ1v) is 8.91. The minimum atomic E-state index is -4.54. The Morgan fingerprint density at radius 1 is 1.13 bits per heavy atom. The van der Waals surface area contributed by atoms with E-state index in [9.17, 15) is 27.9 Å². The molecule has 0 atom stereocenters. The summed E-state index contributed by atoms with van der Waals surface area (Å²) in [5, 5.41) is 10.6. The molecule has 0 unspecified atom stereocenters. The van der Waals surface area contributed by atoms with Crippen LogP contribution in [0.4, 0.5) is 13.2 Å². The fourth-order valence-corrected chi connectivity index (χ4v) is 2.99. The standard InChI is InChI=1S/C21H18F3N3O3/c1-12-4-3-5-14(10-12)11-25-13(2)17-18(28)26-20(30)27(19(17)29)16-8-6-15(7-9-16)21(22,23)24/h3-10,29H,11H2,1-2H3,(H,26,28,30). The van der Waals surface area contributed by atoms with E-state index in [4.69, 9.17) is 0 Å². The molecule has 0 aliphatic heterocycles. The third-order valence-corrected chi connectivity index (χ3v) is 4.48. The predicted molar refractivity (Wildman–Crippen MR) is 106 cm³/mol. The molecule has 3 aromatic rings. The molecule has 0 saturated heterocycles. The van der Waals surface area contributed by atoms with Gasteiger partial charge in [-0.05, 0) is 43.7 Å². The van der Waals surface area contributed by atoms with E-state index in [2.05, 4.69) is 9.98 Å². The number of aromatic hydroxyl groups is 1. The van der Waals surface area contributed by atoms with Gasteiger partial charge in [-0.3, -0.25) is 14.8 Å². The summed E-state index contributed by atoms with van der Waals surface area (Å²) in [6, 6.07) is 11.2. The predicted octanol–water partition coefficient (Wildman–Crippen LogP) is 3.57. The molecular weight excluding hydrogens is 399 g/mol. The number of hydrogen-bond acceptors (Lipinski definition) is 4. The molecule has 1 heterocycles. The Balaban J connectivity index is 2.04. The fraction of sp³-hybridized carbons (Fsp3) is 0.190. The number of alkyl halides is 3. The van der Waals surface area contributed by atoms with Crippen LogP contribution in [0.5, 0.6) is 5.88 Å². The number of benzene rings is 2. The van der Waals surface area contributed by atoms with Crippen molar-refractivity contribution in [3.05, 3.63) is 91.6 Å². The zero-order valence-electron chi connectivity index (χ0n) is 16.1. The number of aromatic nitrogens is 2. The first-order valence-electron chi connectivity index (χ1n) is 8.91. The third kappa shape index (κ3) is 4.35. The van der Waals surface area contributed by atoms with Crippen LogP contribution in [0.25, 0.3) is 5.69 Å². The second-order valence-electron chi connectivity index (χ2n) is 6.73. The van der Waals surface area contributed by atoms with E-state index in [1.807, 2.05) is 31.2 Å². The lowest BCUT2D eigenvalue weighted by molar-refractivity contribution is -0.137. The summed E-state index contributed by atoms with van der Waals surface area (Å²) in [4.78, 5) is 30.9. The zero-order chi connectivity index (χ0) is 22.1. The van der Waals surface area contributed by atoms with Gasteiger partial charge in [-0.15, -0.1) is 0 Å². The summed E-state index contributed by atoms with van der Waals surface area (Å²) >= 11 is 0. The second-order valence-corrected chi connectivity index (χ2v) is 6.73. The molecule has 2 N–H and O–H groups in total. The lowest BCUT2D eigenvalue weighted by Gasteiger charge is -2.13. The molecular formula is C21H18F3N3O3. The molecule has 2 aromatic carbocycles. The van der Waals surface area contributed by atoms with Crippen LogP contribution in [-0.2, 0) is 12.7 Å². The number of nitrogens with one attached hydrogen (secondary N) is 1. The highest BCUT2D eigenvalue weighted by molar-refractivity contribution is 6.00. The minimum Gasteiger partial charge on any atom is -0.493 e. The number of aryl methyl sites for hydroxylation is 1. The molecule has 3 rings (SSSR count). The third-order valence-electron chi connectivity index (χ3n) is 4.48. The number of nitrogens with zero attached hydrogens (tertiary/aromatic N) is 2. The van der Waals surface area contributed by atoms with Gasteiger partial charge in [0.05, 0.1) is 23.5 Å². The smallest absolute Gasteiger partial charge is 0.416 e. The summed E-state index contributed by atoms with van der Waals surface area (Å²) in [7, 11) is 0. The maximum Gasteiger partial charge on any atom is 0.416 e. The SMILES string of the molecule is CC(=NCc1cccc(C)c1)c1c(O)n(-c2ccc(C(F)(F)F)cc2)c(=O)[nH]c1=O. The van der Waals surface area contributed by atoms with E-state index in [1.165, 1.54) is 6.92 Å². The van der Waals surface area contributed by atoms with Gasteiger partial charge in [0.15, 0.2) is 0 Å². The van der Waals surface area contributed by atoms with Crippen LogP contribution in [-0.4, -0.2) is 20.4 Å². The van der Waals surface area contributed by atoms with Gasteiger partial charge in [0.1, 0.15) is 5.56 Å². The van der Waals surface area contributed by atoms with Gasteiger partial charge < -0.3 is 5.11 Å². The Morgan fingerprint density at radius 3 is 2.40 bits per heavy atom. The van der Waals surface area contributed by atoms with Crippen LogP contribution in [0.3, 0.4) is 0 Å².